The normalized spacial score (nSPS) is 11.2. The summed E-state index contributed by atoms with van der Waals surface area (Å²) in [5.74, 6) is 1.07. The number of sulfonamides is 1. The molecule has 0 atom stereocenters. The zero-order chi connectivity index (χ0) is 22.4. The second-order valence-electron chi connectivity index (χ2n) is 6.51. The fourth-order valence-electron chi connectivity index (χ4n) is 2.85. The molecular formula is C21H23N3O5S2. The van der Waals surface area contributed by atoms with E-state index < -0.39 is 10.0 Å². The standard InChI is InChI=1S/C21H23N3O5S2/c1-22-31(26,27)16-8-4-14(5-9-16)6-11-20(25)24-21-23-17(13-30-21)15-7-10-18(28-2)19(12-15)29-3/h4-5,7-10,12-13,22H,6,11H2,1-3H3,(H,23,24,25). The van der Waals surface area contributed by atoms with Crippen LogP contribution in [-0.4, -0.2) is 40.6 Å². The van der Waals surface area contributed by atoms with Crippen LogP contribution < -0.4 is 19.5 Å². The Bertz CT molecular complexity index is 1160. The fraction of sp³-hybridized carbons (Fsp3) is 0.238. The number of nitrogens with one attached hydrogen (secondary N) is 2. The summed E-state index contributed by atoms with van der Waals surface area (Å²) in [6, 6.07) is 12.0. The molecular weight excluding hydrogens is 438 g/mol. The van der Waals surface area contributed by atoms with E-state index in [2.05, 4.69) is 15.0 Å². The quantitative estimate of drug-likeness (QED) is 0.506. The minimum absolute atomic E-state index is 0.167. The van der Waals surface area contributed by atoms with Gasteiger partial charge in [0.05, 0.1) is 24.8 Å². The maximum atomic E-state index is 12.3. The van der Waals surface area contributed by atoms with Crippen LogP contribution in [0.25, 0.3) is 11.3 Å². The van der Waals surface area contributed by atoms with Gasteiger partial charge in [0.1, 0.15) is 0 Å². The lowest BCUT2D eigenvalue weighted by Gasteiger charge is -2.08. The van der Waals surface area contributed by atoms with E-state index in [-0.39, 0.29) is 17.2 Å². The summed E-state index contributed by atoms with van der Waals surface area (Å²) in [4.78, 5) is 17.0. The van der Waals surface area contributed by atoms with E-state index in [9.17, 15) is 13.2 Å². The first-order valence-corrected chi connectivity index (χ1v) is 11.7. The van der Waals surface area contributed by atoms with E-state index in [1.165, 1.54) is 30.5 Å². The molecule has 0 aliphatic heterocycles. The van der Waals surface area contributed by atoms with E-state index in [1.807, 2.05) is 17.5 Å². The van der Waals surface area contributed by atoms with Crippen LogP contribution >= 0.6 is 11.3 Å². The molecule has 1 aromatic heterocycles. The summed E-state index contributed by atoms with van der Waals surface area (Å²) < 4.78 is 36.4. The van der Waals surface area contributed by atoms with Gasteiger partial charge in [-0.3, -0.25) is 4.79 Å². The Morgan fingerprint density at radius 3 is 2.42 bits per heavy atom. The number of aryl methyl sites for hydroxylation is 1. The number of methoxy groups -OCH3 is 2. The highest BCUT2D eigenvalue weighted by atomic mass is 32.2. The predicted octanol–water partition coefficient (Wildman–Crippen LogP) is 3.31. The molecule has 0 saturated carbocycles. The van der Waals surface area contributed by atoms with Gasteiger partial charge in [-0.25, -0.2) is 18.1 Å². The number of rotatable bonds is 9. The average molecular weight is 462 g/mol. The number of amides is 1. The van der Waals surface area contributed by atoms with Crippen molar-refractivity contribution in [2.24, 2.45) is 0 Å². The molecule has 0 saturated heterocycles. The van der Waals surface area contributed by atoms with Crippen molar-refractivity contribution in [1.82, 2.24) is 9.71 Å². The van der Waals surface area contributed by atoms with Crippen molar-refractivity contribution < 1.29 is 22.7 Å². The Kier molecular flexibility index (Phi) is 7.26. The number of carbonyl (C=O) groups excluding carboxylic acids is 1. The molecule has 3 rings (SSSR count). The van der Waals surface area contributed by atoms with Crippen LogP contribution in [0.5, 0.6) is 11.5 Å². The van der Waals surface area contributed by atoms with Crippen LogP contribution in [0, 0.1) is 0 Å². The number of ether oxygens (including phenoxy) is 2. The number of carbonyl (C=O) groups is 1. The lowest BCUT2D eigenvalue weighted by atomic mass is 10.1. The fourth-order valence-corrected chi connectivity index (χ4v) is 4.32. The predicted molar refractivity (Wildman–Crippen MR) is 120 cm³/mol. The Hall–Kier alpha value is -2.95. The molecule has 164 valence electrons. The van der Waals surface area contributed by atoms with E-state index in [0.717, 1.165) is 16.8 Å². The third-order valence-corrected chi connectivity index (χ3v) is 6.76. The Labute approximate surface area is 185 Å². The van der Waals surface area contributed by atoms with Gasteiger partial charge in [0, 0.05) is 17.4 Å². The molecule has 31 heavy (non-hydrogen) atoms. The van der Waals surface area contributed by atoms with Crippen molar-refractivity contribution in [2.75, 3.05) is 26.6 Å². The number of nitrogens with zero attached hydrogens (tertiary/aromatic N) is 1. The van der Waals surface area contributed by atoms with Gasteiger partial charge in [-0.15, -0.1) is 11.3 Å². The Balaban J connectivity index is 1.59. The maximum Gasteiger partial charge on any atom is 0.240 e. The molecule has 2 aromatic carbocycles. The largest absolute Gasteiger partial charge is 0.493 e. The summed E-state index contributed by atoms with van der Waals surface area (Å²) in [6.07, 6.45) is 0.739. The molecule has 1 heterocycles. The first-order valence-electron chi connectivity index (χ1n) is 9.36. The molecule has 8 nitrogen and oxygen atoms in total. The maximum absolute atomic E-state index is 12.3. The molecule has 10 heteroatoms. The molecule has 0 unspecified atom stereocenters. The minimum atomic E-state index is -3.47. The molecule has 0 fully saturated rings. The second-order valence-corrected chi connectivity index (χ2v) is 9.25. The van der Waals surface area contributed by atoms with E-state index in [0.29, 0.717) is 23.1 Å². The van der Waals surface area contributed by atoms with Gasteiger partial charge in [0.2, 0.25) is 15.9 Å². The average Bonchev–Trinajstić information content (AvgIpc) is 3.25. The summed E-state index contributed by atoms with van der Waals surface area (Å²) in [7, 11) is 1.04. The topological polar surface area (TPSA) is 107 Å². The molecule has 0 aliphatic carbocycles. The third kappa shape index (κ3) is 5.60. The summed E-state index contributed by atoms with van der Waals surface area (Å²) in [6.45, 7) is 0. The molecule has 2 N–H and O–H groups in total. The van der Waals surface area contributed by atoms with E-state index in [1.54, 1.807) is 32.4 Å². The summed E-state index contributed by atoms with van der Waals surface area (Å²) in [5.41, 5.74) is 2.45. The lowest BCUT2D eigenvalue weighted by molar-refractivity contribution is -0.116. The molecule has 0 aliphatic rings. The number of anilines is 1. The van der Waals surface area contributed by atoms with Gasteiger partial charge < -0.3 is 14.8 Å². The minimum Gasteiger partial charge on any atom is -0.493 e. The third-order valence-electron chi connectivity index (χ3n) is 4.57. The van der Waals surface area contributed by atoms with Gasteiger partial charge in [-0.05, 0) is 49.4 Å². The van der Waals surface area contributed by atoms with Crippen molar-refractivity contribution >= 4 is 32.4 Å². The van der Waals surface area contributed by atoms with Crippen molar-refractivity contribution in [2.45, 2.75) is 17.7 Å². The highest BCUT2D eigenvalue weighted by Crippen LogP contribution is 2.33. The zero-order valence-electron chi connectivity index (χ0n) is 17.3. The number of benzene rings is 2. The van der Waals surface area contributed by atoms with Gasteiger partial charge in [-0.1, -0.05) is 12.1 Å². The van der Waals surface area contributed by atoms with Gasteiger partial charge in [0.25, 0.3) is 0 Å². The molecule has 3 aromatic rings. The zero-order valence-corrected chi connectivity index (χ0v) is 19.0. The molecule has 1 amide bonds. The molecule has 0 radical (unpaired) electrons. The van der Waals surface area contributed by atoms with Crippen LogP contribution in [0.3, 0.4) is 0 Å². The SMILES string of the molecule is CNS(=O)(=O)c1ccc(CCC(=O)Nc2nc(-c3ccc(OC)c(OC)c3)cs2)cc1. The van der Waals surface area contributed by atoms with E-state index in [4.69, 9.17) is 9.47 Å². The van der Waals surface area contributed by atoms with Gasteiger partial charge >= 0.3 is 0 Å². The van der Waals surface area contributed by atoms with Gasteiger partial charge in [-0.2, -0.15) is 0 Å². The Morgan fingerprint density at radius 2 is 1.77 bits per heavy atom. The monoisotopic (exact) mass is 461 g/mol. The van der Waals surface area contributed by atoms with Crippen LogP contribution in [0.2, 0.25) is 0 Å². The first kappa shape index (κ1) is 22.7. The van der Waals surface area contributed by atoms with Crippen molar-refractivity contribution in [3.05, 3.63) is 53.4 Å². The van der Waals surface area contributed by atoms with Crippen LogP contribution in [0.4, 0.5) is 5.13 Å². The van der Waals surface area contributed by atoms with Gasteiger partial charge in [0.15, 0.2) is 16.6 Å². The second kappa shape index (κ2) is 9.90. The smallest absolute Gasteiger partial charge is 0.240 e. The van der Waals surface area contributed by atoms with Crippen molar-refractivity contribution in [1.29, 1.82) is 0 Å². The van der Waals surface area contributed by atoms with Crippen LogP contribution in [0.1, 0.15) is 12.0 Å². The lowest BCUT2D eigenvalue weighted by Crippen LogP contribution is -2.18. The van der Waals surface area contributed by atoms with Crippen LogP contribution in [-0.2, 0) is 21.2 Å². The van der Waals surface area contributed by atoms with Crippen molar-refractivity contribution in [3.8, 4) is 22.8 Å². The number of thiazole rings is 1. The number of hydrogen-bond acceptors (Lipinski definition) is 7. The summed E-state index contributed by atoms with van der Waals surface area (Å²) in [5, 5.41) is 5.17. The highest BCUT2D eigenvalue weighted by molar-refractivity contribution is 7.89. The van der Waals surface area contributed by atoms with Crippen molar-refractivity contribution in [3.63, 3.8) is 0 Å². The summed E-state index contributed by atoms with van der Waals surface area (Å²) >= 11 is 1.34. The van der Waals surface area contributed by atoms with Crippen LogP contribution in [0.15, 0.2) is 52.7 Å². The first-order chi connectivity index (χ1) is 14.9. The highest BCUT2D eigenvalue weighted by Gasteiger charge is 2.13. The van der Waals surface area contributed by atoms with E-state index >= 15 is 0 Å². The number of aromatic nitrogens is 1. The molecule has 0 spiro atoms. The Morgan fingerprint density at radius 1 is 1.06 bits per heavy atom. The number of hydrogen-bond donors (Lipinski definition) is 2. The molecule has 0 bridgehead atoms.